The quantitative estimate of drug-likeness (QED) is 0.339. The van der Waals surface area contributed by atoms with Crippen LogP contribution in [0.4, 0.5) is 0 Å². The Balaban J connectivity index is 2.05. The van der Waals surface area contributed by atoms with Crippen molar-refractivity contribution in [2.75, 3.05) is 19.6 Å². The molecule has 12 heteroatoms. The highest BCUT2D eigenvalue weighted by molar-refractivity contribution is 7.89. The lowest BCUT2D eigenvalue weighted by molar-refractivity contribution is 0.0445. The van der Waals surface area contributed by atoms with Gasteiger partial charge < -0.3 is 20.3 Å². The Morgan fingerprint density at radius 3 is 2.32 bits per heavy atom. The van der Waals surface area contributed by atoms with Gasteiger partial charge in [-0.05, 0) is 23.6 Å². The van der Waals surface area contributed by atoms with Gasteiger partial charge in [-0.25, -0.2) is 8.42 Å². The molecule has 0 radical (unpaired) electrons. The molecule has 1 aliphatic heterocycles. The zero-order chi connectivity index (χ0) is 25.1. The van der Waals surface area contributed by atoms with Crippen molar-refractivity contribution < 1.29 is 35.6 Å². The summed E-state index contributed by atoms with van der Waals surface area (Å²) < 4.78 is 67.3. The van der Waals surface area contributed by atoms with Crippen LogP contribution in [0.3, 0.4) is 0 Å². The van der Waals surface area contributed by atoms with Gasteiger partial charge in [0.15, 0.2) is 11.5 Å². The maximum absolute atomic E-state index is 13.9. The summed E-state index contributed by atoms with van der Waals surface area (Å²) in [7, 11) is -8.01. The predicted octanol–water partition coefficient (Wildman–Crippen LogP) is 1.82. The van der Waals surface area contributed by atoms with Crippen molar-refractivity contribution >= 4 is 20.1 Å². The SMILES string of the molecule is CC(C)CN(C(c1ccccc1)C(O)CC(N)OS(C)(=O)=O)S(=O)(=O)c1ccc2c(c1)OCO2. The Morgan fingerprint density at radius 1 is 1.06 bits per heavy atom. The summed E-state index contributed by atoms with van der Waals surface area (Å²) in [5, 5.41) is 11.2. The van der Waals surface area contributed by atoms with E-state index in [9.17, 15) is 21.9 Å². The number of aliphatic hydroxyl groups is 1. The molecule has 0 saturated heterocycles. The number of rotatable bonds is 11. The van der Waals surface area contributed by atoms with E-state index in [1.807, 2.05) is 13.8 Å². The monoisotopic (exact) mass is 514 g/mol. The van der Waals surface area contributed by atoms with Gasteiger partial charge in [0.2, 0.25) is 16.8 Å². The normalized spacial score (nSPS) is 16.6. The summed E-state index contributed by atoms with van der Waals surface area (Å²) in [4.78, 5) is -0.0257. The maximum atomic E-state index is 13.9. The molecule has 0 bridgehead atoms. The van der Waals surface area contributed by atoms with E-state index in [4.69, 9.17) is 19.4 Å². The van der Waals surface area contributed by atoms with Gasteiger partial charge in [-0.3, -0.25) is 4.18 Å². The van der Waals surface area contributed by atoms with Crippen LogP contribution in [-0.2, 0) is 24.3 Å². The Bertz CT molecular complexity index is 1190. The van der Waals surface area contributed by atoms with Gasteiger partial charge >= 0.3 is 0 Å². The molecule has 34 heavy (non-hydrogen) atoms. The van der Waals surface area contributed by atoms with Gasteiger partial charge in [-0.15, -0.1) is 0 Å². The highest BCUT2D eigenvalue weighted by atomic mass is 32.2. The zero-order valence-corrected chi connectivity index (χ0v) is 20.8. The van der Waals surface area contributed by atoms with Crippen LogP contribution in [0.25, 0.3) is 0 Å². The highest BCUT2D eigenvalue weighted by Gasteiger charge is 2.38. The molecule has 0 spiro atoms. The van der Waals surface area contributed by atoms with Crippen LogP contribution in [0.15, 0.2) is 53.4 Å². The third-order valence-corrected chi connectivity index (χ3v) is 7.52. The summed E-state index contributed by atoms with van der Waals surface area (Å²) in [6, 6.07) is 11.9. The molecule has 0 saturated carbocycles. The molecule has 3 unspecified atom stereocenters. The van der Waals surface area contributed by atoms with Crippen molar-refractivity contribution in [3.63, 3.8) is 0 Å². The van der Waals surface area contributed by atoms with Gasteiger partial charge in [0, 0.05) is 19.0 Å². The number of fused-ring (bicyclic) bond motifs is 1. The lowest BCUT2D eigenvalue weighted by Gasteiger charge is -2.36. The number of hydrogen-bond donors (Lipinski definition) is 2. The molecule has 188 valence electrons. The molecule has 1 aliphatic rings. The van der Waals surface area contributed by atoms with E-state index in [1.54, 1.807) is 30.3 Å². The van der Waals surface area contributed by atoms with Gasteiger partial charge in [0.25, 0.3) is 10.1 Å². The molecule has 3 N–H and O–H groups in total. The summed E-state index contributed by atoms with van der Waals surface area (Å²) in [6.45, 7) is 3.79. The first kappa shape index (κ1) is 26.4. The second kappa shape index (κ2) is 10.6. The zero-order valence-electron chi connectivity index (χ0n) is 19.2. The van der Waals surface area contributed by atoms with E-state index in [1.165, 1.54) is 22.5 Å². The predicted molar refractivity (Wildman–Crippen MR) is 125 cm³/mol. The average molecular weight is 515 g/mol. The third-order valence-electron chi connectivity index (χ3n) is 5.08. The van der Waals surface area contributed by atoms with Gasteiger partial charge in [0.1, 0.15) is 6.23 Å². The van der Waals surface area contributed by atoms with Crippen LogP contribution in [-0.4, -0.2) is 58.2 Å². The van der Waals surface area contributed by atoms with Crippen molar-refractivity contribution in [1.29, 1.82) is 0 Å². The lowest BCUT2D eigenvalue weighted by Crippen LogP contribution is -2.45. The summed E-state index contributed by atoms with van der Waals surface area (Å²) in [5.74, 6) is 0.659. The van der Waals surface area contributed by atoms with E-state index in [0.29, 0.717) is 17.1 Å². The van der Waals surface area contributed by atoms with Crippen molar-refractivity contribution in [3.8, 4) is 11.5 Å². The number of nitrogens with two attached hydrogens (primary N) is 1. The molecule has 2 aromatic rings. The van der Waals surface area contributed by atoms with Crippen LogP contribution in [0, 0.1) is 5.92 Å². The second-order valence-electron chi connectivity index (χ2n) is 8.48. The standard InChI is InChI=1S/C22H30N2O8S2/c1-15(2)13-24(34(28,29)17-9-10-19-20(11-17)31-14-30-19)22(16-7-5-4-6-8-16)18(25)12-21(23)32-33(3,26)27/h4-11,15,18,21-22,25H,12-14,23H2,1-3H3. The first-order valence-corrected chi connectivity index (χ1v) is 13.9. The molecule has 0 aliphatic carbocycles. The topological polar surface area (TPSA) is 145 Å². The van der Waals surface area contributed by atoms with Crippen LogP contribution in [0.2, 0.25) is 0 Å². The number of ether oxygens (including phenoxy) is 2. The fourth-order valence-electron chi connectivity index (χ4n) is 3.76. The van der Waals surface area contributed by atoms with E-state index < -0.39 is 38.5 Å². The van der Waals surface area contributed by atoms with E-state index in [-0.39, 0.29) is 30.6 Å². The number of aliphatic hydroxyl groups excluding tert-OH is 1. The van der Waals surface area contributed by atoms with Crippen LogP contribution in [0.5, 0.6) is 11.5 Å². The molecule has 3 atom stereocenters. The molecule has 10 nitrogen and oxygen atoms in total. The summed E-state index contributed by atoms with van der Waals surface area (Å²) in [6.07, 6.45) is -2.20. The Morgan fingerprint density at radius 2 is 1.71 bits per heavy atom. The number of nitrogens with zero attached hydrogens (tertiary/aromatic N) is 1. The number of sulfonamides is 1. The minimum absolute atomic E-state index is 0.00186. The molecule has 2 aromatic carbocycles. The second-order valence-corrected chi connectivity index (χ2v) is 12.0. The van der Waals surface area contributed by atoms with Crippen molar-refractivity contribution in [3.05, 3.63) is 54.1 Å². The van der Waals surface area contributed by atoms with Crippen molar-refractivity contribution in [2.24, 2.45) is 11.7 Å². The molecule has 0 amide bonds. The van der Waals surface area contributed by atoms with Crippen LogP contribution >= 0.6 is 0 Å². The molecule has 3 rings (SSSR count). The van der Waals surface area contributed by atoms with Crippen molar-refractivity contribution in [1.82, 2.24) is 4.31 Å². The molecular formula is C22H30N2O8S2. The molecule has 0 aromatic heterocycles. The van der Waals surface area contributed by atoms with E-state index in [0.717, 1.165) is 6.26 Å². The minimum Gasteiger partial charge on any atom is -0.454 e. The van der Waals surface area contributed by atoms with Gasteiger partial charge in [0.05, 0.1) is 23.3 Å². The molecule has 1 heterocycles. The first-order valence-electron chi connectivity index (χ1n) is 10.7. The van der Waals surface area contributed by atoms with E-state index >= 15 is 0 Å². The fourth-order valence-corrected chi connectivity index (χ4v) is 6.11. The minimum atomic E-state index is -4.14. The van der Waals surface area contributed by atoms with E-state index in [2.05, 4.69) is 0 Å². The van der Waals surface area contributed by atoms with Crippen LogP contribution < -0.4 is 15.2 Å². The lowest BCUT2D eigenvalue weighted by atomic mass is 9.98. The Kier molecular flexibility index (Phi) is 8.22. The first-order chi connectivity index (χ1) is 15.9. The fraction of sp³-hybridized carbons (Fsp3) is 0.455. The largest absolute Gasteiger partial charge is 0.454 e. The summed E-state index contributed by atoms with van der Waals surface area (Å²) >= 11 is 0. The van der Waals surface area contributed by atoms with Crippen molar-refractivity contribution in [2.45, 2.75) is 43.5 Å². The average Bonchev–Trinajstić information content (AvgIpc) is 3.20. The number of hydrogen-bond acceptors (Lipinski definition) is 9. The molecule has 0 fully saturated rings. The Hall–Kier alpha value is -2.22. The Labute approximate surface area is 200 Å². The van der Waals surface area contributed by atoms with Gasteiger partial charge in [-0.1, -0.05) is 44.2 Å². The smallest absolute Gasteiger partial charge is 0.265 e. The van der Waals surface area contributed by atoms with Crippen LogP contribution in [0.1, 0.15) is 31.9 Å². The maximum Gasteiger partial charge on any atom is 0.265 e. The van der Waals surface area contributed by atoms with Gasteiger partial charge in [-0.2, -0.15) is 12.7 Å². The number of benzene rings is 2. The molecular weight excluding hydrogens is 484 g/mol. The highest BCUT2D eigenvalue weighted by Crippen LogP contribution is 2.38. The third kappa shape index (κ3) is 6.46. The summed E-state index contributed by atoms with van der Waals surface area (Å²) in [5.41, 5.74) is 6.32.